The van der Waals surface area contributed by atoms with Gasteiger partial charge in [0.05, 0.1) is 6.54 Å². The highest BCUT2D eigenvalue weighted by molar-refractivity contribution is 5.77. The number of amides is 1. The molecule has 0 aliphatic carbocycles. The summed E-state index contributed by atoms with van der Waals surface area (Å²) in [5.41, 5.74) is 2.53. The summed E-state index contributed by atoms with van der Waals surface area (Å²) in [5.74, 6) is 1.10. The van der Waals surface area contributed by atoms with E-state index in [1.165, 1.54) is 11.1 Å². The zero-order chi connectivity index (χ0) is 13.8. The minimum atomic E-state index is 0.119. The highest BCUT2D eigenvalue weighted by Crippen LogP contribution is 2.29. The summed E-state index contributed by atoms with van der Waals surface area (Å²) in [7, 11) is 1.81. The third-order valence-corrected chi connectivity index (χ3v) is 3.51. The maximum atomic E-state index is 11.6. The molecule has 1 N–H and O–H groups in total. The number of ether oxygens (including phenoxy) is 1. The Labute approximate surface area is 114 Å². The maximum Gasteiger partial charge on any atom is 0.236 e. The Morgan fingerprint density at radius 3 is 3.05 bits per heavy atom. The number of carbonyl (C=O) groups excluding carboxylic acids is 1. The molecule has 1 aromatic rings. The number of aryl methyl sites for hydroxylation is 1. The normalized spacial score (nSPS) is 16.9. The lowest BCUT2D eigenvalue weighted by Gasteiger charge is -2.16. The van der Waals surface area contributed by atoms with E-state index in [9.17, 15) is 4.79 Å². The summed E-state index contributed by atoms with van der Waals surface area (Å²) in [5, 5.41) is 3.18. The summed E-state index contributed by atoms with van der Waals surface area (Å²) < 4.78 is 5.84. The van der Waals surface area contributed by atoms with Gasteiger partial charge in [-0.3, -0.25) is 4.79 Å². The molecular formula is C15H22N2O2. The number of benzene rings is 1. The highest BCUT2D eigenvalue weighted by Gasteiger charge is 2.22. The number of carbonyl (C=O) groups is 1. The van der Waals surface area contributed by atoms with Gasteiger partial charge in [-0.15, -0.1) is 0 Å². The van der Waals surface area contributed by atoms with E-state index in [4.69, 9.17) is 4.74 Å². The first-order valence-corrected chi connectivity index (χ1v) is 6.81. The molecule has 0 aromatic heterocycles. The zero-order valence-electron chi connectivity index (χ0n) is 11.9. The van der Waals surface area contributed by atoms with Gasteiger partial charge in [0.25, 0.3) is 0 Å². The summed E-state index contributed by atoms with van der Waals surface area (Å²) in [6, 6.07) is 6.26. The Morgan fingerprint density at radius 2 is 2.32 bits per heavy atom. The first-order chi connectivity index (χ1) is 9.10. The van der Waals surface area contributed by atoms with Crippen LogP contribution in [0.4, 0.5) is 0 Å². The van der Waals surface area contributed by atoms with E-state index in [1.54, 1.807) is 4.90 Å². The average molecular weight is 262 g/mol. The molecule has 4 nitrogen and oxygen atoms in total. The quantitative estimate of drug-likeness (QED) is 0.871. The molecule has 1 aliphatic rings. The predicted molar refractivity (Wildman–Crippen MR) is 75.5 cm³/mol. The highest BCUT2D eigenvalue weighted by atomic mass is 16.5. The molecule has 1 aromatic carbocycles. The third-order valence-electron chi connectivity index (χ3n) is 3.51. The lowest BCUT2D eigenvalue weighted by molar-refractivity contribution is -0.128. The van der Waals surface area contributed by atoms with E-state index in [0.29, 0.717) is 13.1 Å². The fraction of sp³-hybridized carbons (Fsp3) is 0.533. The maximum absolute atomic E-state index is 11.6. The first-order valence-electron chi connectivity index (χ1n) is 6.81. The minimum Gasteiger partial charge on any atom is -0.488 e. The van der Waals surface area contributed by atoms with E-state index < -0.39 is 0 Å². The molecule has 1 amide bonds. The van der Waals surface area contributed by atoms with Gasteiger partial charge in [0.15, 0.2) is 0 Å². The van der Waals surface area contributed by atoms with Gasteiger partial charge in [-0.25, -0.2) is 0 Å². The number of fused-ring (bicyclic) bond motifs is 1. The van der Waals surface area contributed by atoms with Crippen LogP contribution in [0.3, 0.4) is 0 Å². The van der Waals surface area contributed by atoms with Gasteiger partial charge in [0.2, 0.25) is 5.91 Å². The Bertz CT molecular complexity index is 459. The molecule has 19 heavy (non-hydrogen) atoms. The Morgan fingerprint density at radius 1 is 1.53 bits per heavy atom. The van der Waals surface area contributed by atoms with Crippen molar-refractivity contribution in [3.63, 3.8) is 0 Å². The molecule has 2 rings (SSSR count). The van der Waals surface area contributed by atoms with Gasteiger partial charge in [-0.1, -0.05) is 17.7 Å². The number of rotatable bonds is 5. The van der Waals surface area contributed by atoms with Gasteiger partial charge in [-0.05, 0) is 25.5 Å². The lowest BCUT2D eigenvalue weighted by atomic mass is 10.1. The molecule has 1 heterocycles. The average Bonchev–Trinajstić information content (AvgIpc) is 2.79. The van der Waals surface area contributed by atoms with Crippen LogP contribution in [-0.4, -0.2) is 43.6 Å². The second-order valence-electron chi connectivity index (χ2n) is 5.09. The van der Waals surface area contributed by atoms with Crippen LogP contribution in [-0.2, 0) is 11.2 Å². The van der Waals surface area contributed by atoms with E-state index in [2.05, 4.69) is 24.4 Å². The van der Waals surface area contributed by atoms with Crippen LogP contribution < -0.4 is 10.1 Å². The number of nitrogens with one attached hydrogen (secondary N) is 1. The lowest BCUT2D eigenvalue weighted by Crippen LogP contribution is -2.39. The van der Waals surface area contributed by atoms with Crippen LogP contribution in [0.2, 0.25) is 0 Å². The summed E-state index contributed by atoms with van der Waals surface area (Å²) in [6.07, 6.45) is 1.05. The number of likely N-dealkylation sites (N-methyl/N-ethyl adjacent to an activating group) is 1. The molecule has 0 radical (unpaired) electrons. The first kappa shape index (κ1) is 13.9. The topological polar surface area (TPSA) is 41.6 Å². The van der Waals surface area contributed by atoms with Crippen LogP contribution in [0.5, 0.6) is 5.75 Å². The van der Waals surface area contributed by atoms with Crippen molar-refractivity contribution >= 4 is 5.91 Å². The van der Waals surface area contributed by atoms with Crippen molar-refractivity contribution in [1.82, 2.24) is 10.2 Å². The molecular weight excluding hydrogens is 240 g/mol. The fourth-order valence-electron chi connectivity index (χ4n) is 2.21. The monoisotopic (exact) mass is 262 g/mol. The van der Waals surface area contributed by atoms with Crippen molar-refractivity contribution in [3.05, 3.63) is 29.3 Å². The Kier molecular flexibility index (Phi) is 4.43. The van der Waals surface area contributed by atoms with E-state index in [1.807, 2.05) is 20.0 Å². The van der Waals surface area contributed by atoms with Crippen LogP contribution in [0.1, 0.15) is 18.1 Å². The predicted octanol–water partition coefficient (Wildman–Crippen LogP) is 1.37. The molecule has 1 aliphatic heterocycles. The van der Waals surface area contributed by atoms with Crippen molar-refractivity contribution in [3.8, 4) is 5.75 Å². The van der Waals surface area contributed by atoms with Gasteiger partial charge in [0.1, 0.15) is 11.9 Å². The summed E-state index contributed by atoms with van der Waals surface area (Å²) in [4.78, 5) is 13.3. The minimum absolute atomic E-state index is 0.119. The van der Waals surface area contributed by atoms with E-state index in [-0.39, 0.29) is 12.0 Å². The van der Waals surface area contributed by atoms with E-state index in [0.717, 1.165) is 18.7 Å². The number of hydrogen-bond donors (Lipinski definition) is 1. The molecule has 0 fully saturated rings. The SMILES string of the molecule is CCN(C)C(=O)CNCC1Cc2cc(C)ccc2O1. The van der Waals surface area contributed by atoms with Crippen molar-refractivity contribution in [2.24, 2.45) is 0 Å². The number of nitrogens with zero attached hydrogens (tertiary/aromatic N) is 1. The van der Waals surface area contributed by atoms with Crippen molar-refractivity contribution in [1.29, 1.82) is 0 Å². The van der Waals surface area contributed by atoms with Crippen molar-refractivity contribution < 1.29 is 9.53 Å². The second-order valence-corrected chi connectivity index (χ2v) is 5.09. The van der Waals surface area contributed by atoms with Gasteiger partial charge >= 0.3 is 0 Å². The molecule has 1 atom stereocenters. The zero-order valence-corrected chi connectivity index (χ0v) is 11.9. The molecule has 1 unspecified atom stereocenters. The molecule has 0 bridgehead atoms. The molecule has 4 heteroatoms. The number of hydrogen-bond acceptors (Lipinski definition) is 3. The van der Waals surface area contributed by atoms with Gasteiger partial charge < -0.3 is 15.0 Å². The smallest absolute Gasteiger partial charge is 0.236 e. The van der Waals surface area contributed by atoms with Crippen molar-refractivity contribution in [2.45, 2.75) is 26.4 Å². The molecule has 0 saturated carbocycles. The van der Waals surface area contributed by atoms with Gasteiger partial charge in [0, 0.05) is 26.6 Å². The van der Waals surface area contributed by atoms with Crippen molar-refractivity contribution in [2.75, 3.05) is 26.7 Å². The van der Waals surface area contributed by atoms with E-state index >= 15 is 0 Å². The van der Waals surface area contributed by atoms with Crippen LogP contribution in [0.15, 0.2) is 18.2 Å². The Balaban J connectivity index is 1.77. The Hall–Kier alpha value is -1.55. The van der Waals surface area contributed by atoms with Gasteiger partial charge in [-0.2, -0.15) is 0 Å². The molecule has 0 spiro atoms. The second kappa shape index (κ2) is 6.06. The fourth-order valence-corrected chi connectivity index (χ4v) is 2.21. The summed E-state index contributed by atoms with van der Waals surface area (Å²) in [6.45, 7) is 5.88. The standard InChI is InChI=1S/C15H22N2O2/c1-4-17(3)15(18)10-16-9-13-8-12-7-11(2)5-6-14(12)19-13/h5-7,13,16H,4,8-10H2,1-3H3. The largest absolute Gasteiger partial charge is 0.488 e. The van der Waals surface area contributed by atoms with Crippen LogP contribution in [0, 0.1) is 6.92 Å². The van der Waals surface area contributed by atoms with Crippen LogP contribution in [0.25, 0.3) is 0 Å². The molecule has 0 saturated heterocycles. The molecule has 104 valence electrons. The van der Waals surface area contributed by atoms with Crippen LogP contribution >= 0.6 is 0 Å². The third kappa shape index (κ3) is 3.47. The summed E-state index contributed by atoms with van der Waals surface area (Å²) >= 11 is 0.